The lowest BCUT2D eigenvalue weighted by molar-refractivity contribution is 0.0181. The summed E-state index contributed by atoms with van der Waals surface area (Å²) in [5.41, 5.74) is -0.190. The molecule has 102 valence electrons. The van der Waals surface area contributed by atoms with Gasteiger partial charge in [-0.15, -0.1) is 0 Å². The maximum absolute atomic E-state index is 13.6. The van der Waals surface area contributed by atoms with E-state index in [1.54, 1.807) is 7.05 Å². The first-order chi connectivity index (χ1) is 8.27. The van der Waals surface area contributed by atoms with Crippen molar-refractivity contribution >= 4 is 10.0 Å². The van der Waals surface area contributed by atoms with Crippen molar-refractivity contribution < 1.29 is 23.0 Å². The lowest BCUT2D eigenvalue weighted by Gasteiger charge is -2.18. The van der Waals surface area contributed by atoms with E-state index in [0.717, 1.165) is 12.1 Å². The van der Waals surface area contributed by atoms with E-state index in [4.69, 9.17) is 5.14 Å². The van der Waals surface area contributed by atoms with E-state index in [1.807, 2.05) is 0 Å². The Kier molecular flexibility index (Phi) is 4.77. The zero-order valence-electron chi connectivity index (χ0n) is 9.67. The molecule has 18 heavy (non-hydrogen) atoms. The minimum absolute atomic E-state index is 0.0670. The summed E-state index contributed by atoms with van der Waals surface area (Å²) in [6, 6.07) is 2.86. The zero-order valence-corrected chi connectivity index (χ0v) is 10.5. The minimum atomic E-state index is -3.99. The summed E-state index contributed by atoms with van der Waals surface area (Å²) in [6.45, 7) is 0.0670. The fourth-order valence-electron chi connectivity index (χ4n) is 1.45. The summed E-state index contributed by atoms with van der Waals surface area (Å²) in [6.07, 6.45) is -2.66. The number of nitrogens with two attached hydrogens (primary N) is 1. The molecule has 0 saturated heterocycles. The van der Waals surface area contributed by atoms with Crippen LogP contribution in [0.25, 0.3) is 0 Å². The Hall–Kier alpha value is -1.06. The third-order valence-corrected chi connectivity index (χ3v) is 3.31. The molecule has 6 nitrogen and oxygen atoms in total. The molecule has 2 atom stereocenters. The van der Waals surface area contributed by atoms with Gasteiger partial charge < -0.3 is 15.5 Å². The highest BCUT2D eigenvalue weighted by molar-refractivity contribution is 7.89. The number of benzene rings is 1. The Morgan fingerprint density at radius 2 is 2.06 bits per heavy atom. The molecule has 0 heterocycles. The highest BCUT2D eigenvalue weighted by atomic mass is 32.2. The summed E-state index contributed by atoms with van der Waals surface area (Å²) >= 11 is 0. The Bertz CT molecular complexity index is 521. The van der Waals surface area contributed by atoms with Crippen LogP contribution < -0.4 is 10.5 Å². The smallest absolute Gasteiger partial charge is 0.238 e. The van der Waals surface area contributed by atoms with Gasteiger partial charge in [-0.2, -0.15) is 0 Å². The maximum atomic E-state index is 13.6. The van der Waals surface area contributed by atoms with Gasteiger partial charge in [0.1, 0.15) is 11.9 Å². The van der Waals surface area contributed by atoms with Crippen molar-refractivity contribution in [1.82, 2.24) is 5.32 Å². The fraction of sp³-hybridized carbons (Fsp3) is 0.400. The molecule has 8 heteroatoms. The van der Waals surface area contributed by atoms with E-state index in [1.165, 1.54) is 0 Å². The summed E-state index contributed by atoms with van der Waals surface area (Å²) in [4.78, 5) is -0.390. The van der Waals surface area contributed by atoms with Crippen molar-refractivity contribution in [3.05, 3.63) is 29.6 Å². The molecule has 0 bridgehead atoms. The van der Waals surface area contributed by atoms with Crippen LogP contribution in [-0.2, 0) is 10.0 Å². The molecule has 0 aliphatic rings. The van der Waals surface area contributed by atoms with E-state index in [0.29, 0.717) is 6.07 Å². The lowest BCUT2D eigenvalue weighted by Crippen LogP contribution is -2.30. The average molecular weight is 278 g/mol. The van der Waals surface area contributed by atoms with Crippen molar-refractivity contribution in [3.8, 4) is 0 Å². The standard InChI is InChI=1S/C10H15FN2O4S/c1-13-5-9(14)10(15)7-3-2-6(4-8(7)11)18(12,16)17/h2-4,9-10,13-15H,5H2,1H3,(H2,12,16,17). The Morgan fingerprint density at radius 3 is 2.50 bits per heavy atom. The molecule has 2 unspecified atom stereocenters. The van der Waals surface area contributed by atoms with Crippen LogP contribution in [0.3, 0.4) is 0 Å². The molecule has 0 aromatic heterocycles. The van der Waals surface area contributed by atoms with Gasteiger partial charge in [0.25, 0.3) is 0 Å². The zero-order chi connectivity index (χ0) is 13.9. The monoisotopic (exact) mass is 278 g/mol. The second kappa shape index (κ2) is 5.72. The molecule has 0 aliphatic heterocycles. The fourth-order valence-corrected chi connectivity index (χ4v) is 1.98. The van der Waals surface area contributed by atoms with E-state index in [2.05, 4.69) is 5.32 Å². The van der Waals surface area contributed by atoms with Crippen LogP contribution in [-0.4, -0.2) is 38.3 Å². The van der Waals surface area contributed by atoms with Gasteiger partial charge in [0.15, 0.2) is 0 Å². The van der Waals surface area contributed by atoms with Gasteiger partial charge in [-0.3, -0.25) is 0 Å². The van der Waals surface area contributed by atoms with Crippen LogP contribution >= 0.6 is 0 Å². The second-order valence-corrected chi connectivity index (χ2v) is 5.36. The van der Waals surface area contributed by atoms with Crippen LogP contribution in [0.5, 0.6) is 0 Å². The summed E-state index contributed by atoms with van der Waals surface area (Å²) in [5.74, 6) is -0.941. The first-order valence-electron chi connectivity index (χ1n) is 5.10. The topological polar surface area (TPSA) is 113 Å². The van der Waals surface area contributed by atoms with Crippen molar-refractivity contribution in [3.63, 3.8) is 0 Å². The van der Waals surface area contributed by atoms with Gasteiger partial charge in [0.05, 0.1) is 11.0 Å². The number of hydrogen-bond acceptors (Lipinski definition) is 5. The third kappa shape index (κ3) is 3.47. The molecule has 1 aromatic carbocycles. The summed E-state index contributed by atoms with van der Waals surface area (Å²) in [5, 5.41) is 26.7. The number of aliphatic hydroxyl groups excluding tert-OH is 2. The normalized spacial score (nSPS) is 15.4. The summed E-state index contributed by atoms with van der Waals surface area (Å²) < 4.78 is 35.6. The summed E-state index contributed by atoms with van der Waals surface area (Å²) in [7, 11) is -2.43. The molecule has 0 aliphatic carbocycles. The van der Waals surface area contributed by atoms with Gasteiger partial charge in [-0.05, 0) is 19.2 Å². The molecule has 0 saturated carbocycles. The number of halogens is 1. The number of rotatable bonds is 5. The molecular formula is C10H15FN2O4S. The van der Waals surface area contributed by atoms with Crippen molar-refractivity contribution in [2.24, 2.45) is 5.14 Å². The van der Waals surface area contributed by atoms with Crippen LogP contribution in [0, 0.1) is 5.82 Å². The first kappa shape index (κ1) is 15.0. The second-order valence-electron chi connectivity index (χ2n) is 3.80. The quantitative estimate of drug-likeness (QED) is 0.557. The molecule has 0 radical (unpaired) electrons. The average Bonchev–Trinajstić information content (AvgIpc) is 2.27. The highest BCUT2D eigenvalue weighted by Gasteiger charge is 2.22. The maximum Gasteiger partial charge on any atom is 0.238 e. The van der Waals surface area contributed by atoms with Gasteiger partial charge in [-0.1, -0.05) is 6.07 Å². The van der Waals surface area contributed by atoms with Gasteiger partial charge in [0.2, 0.25) is 10.0 Å². The van der Waals surface area contributed by atoms with E-state index in [-0.39, 0.29) is 17.0 Å². The van der Waals surface area contributed by atoms with Crippen LogP contribution in [0.2, 0.25) is 0 Å². The number of likely N-dealkylation sites (N-methyl/N-ethyl adjacent to an activating group) is 1. The molecule has 0 fully saturated rings. The highest BCUT2D eigenvalue weighted by Crippen LogP contribution is 2.22. The molecular weight excluding hydrogens is 263 g/mol. The third-order valence-electron chi connectivity index (χ3n) is 2.40. The van der Waals surface area contributed by atoms with Gasteiger partial charge in [0, 0.05) is 12.1 Å². The number of hydrogen-bond donors (Lipinski definition) is 4. The molecule has 0 spiro atoms. The van der Waals surface area contributed by atoms with Crippen LogP contribution in [0.1, 0.15) is 11.7 Å². The van der Waals surface area contributed by atoms with E-state index in [9.17, 15) is 23.0 Å². The molecule has 0 amide bonds. The van der Waals surface area contributed by atoms with Crippen molar-refractivity contribution in [1.29, 1.82) is 0 Å². The Balaban J connectivity index is 3.06. The molecule has 1 aromatic rings. The van der Waals surface area contributed by atoms with Gasteiger partial charge >= 0.3 is 0 Å². The predicted molar refractivity (Wildman–Crippen MR) is 62.7 cm³/mol. The van der Waals surface area contributed by atoms with Crippen molar-refractivity contribution in [2.45, 2.75) is 17.1 Å². The van der Waals surface area contributed by atoms with E-state index < -0.39 is 28.0 Å². The van der Waals surface area contributed by atoms with Crippen LogP contribution in [0.15, 0.2) is 23.1 Å². The van der Waals surface area contributed by atoms with Crippen molar-refractivity contribution in [2.75, 3.05) is 13.6 Å². The first-order valence-corrected chi connectivity index (χ1v) is 6.65. The molecule has 5 N–H and O–H groups in total. The number of nitrogens with one attached hydrogen (secondary N) is 1. The number of sulfonamides is 1. The predicted octanol–water partition coefficient (Wildman–Crippen LogP) is -0.913. The Labute approximate surface area is 104 Å². The number of aliphatic hydroxyl groups is 2. The van der Waals surface area contributed by atoms with Gasteiger partial charge in [-0.25, -0.2) is 17.9 Å². The largest absolute Gasteiger partial charge is 0.389 e. The number of primary sulfonamides is 1. The molecule has 1 rings (SSSR count). The van der Waals surface area contributed by atoms with Crippen LogP contribution in [0.4, 0.5) is 4.39 Å². The Morgan fingerprint density at radius 1 is 1.44 bits per heavy atom. The minimum Gasteiger partial charge on any atom is -0.389 e. The SMILES string of the molecule is CNCC(O)C(O)c1ccc(S(N)(=O)=O)cc1F. The van der Waals surface area contributed by atoms with E-state index >= 15 is 0 Å². The lowest BCUT2D eigenvalue weighted by atomic mass is 10.0.